The molecule has 0 aliphatic heterocycles. The molecule has 0 fully saturated rings. The van der Waals surface area contributed by atoms with Crippen molar-refractivity contribution in [3.8, 4) is 0 Å². The summed E-state index contributed by atoms with van der Waals surface area (Å²) in [6.07, 6.45) is 1.47. The van der Waals surface area contributed by atoms with Gasteiger partial charge in [-0.25, -0.2) is 0 Å². The molecule has 22 heavy (non-hydrogen) atoms. The van der Waals surface area contributed by atoms with Crippen LogP contribution in [-0.2, 0) is 22.4 Å². The summed E-state index contributed by atoms with van der Waals surface area (Å²) in [5.41, 5.74) is 1.09. The van der Waals surface area contributed by atoms with E-state index in [0.717, 1.165) is 10.4 Å². The van der Waals surface area contributed by atoms with Gasteiger partial charge in [0, 0.05) is 17.3 Å². The maximum absolute atomic E-state index is 12.1. The Hall–Kier alpha value is -2.14. The highest BCUT2D eigenvalue weighted by atomic mass is 32.1. The second kappa shape index (κ2) is 8.34. The average Bonchev–Trinajstić information content (AvgIpc) is 2.98. The maximum Gasteiger partial charge on any atom is 0.303 e. The molecular weight excluding hydrogens is 298 g/mol. The summed E-state index contributed by atoms with van der Waals surface area (Å²) >= 11 is 1.55. The van der Waals surface area contributed by atoms with E-state index in [9.17, 15) is 9.59 Å². The third-order valence-corrected chi connectivity index (χ3v) is 4.19. The zero-order valence-corrected chi connectivity index (χ0v) is 13.0. The zero-order chi connectivity index (χ0) is 15.8. The molecule has 1 atom stereocenters. The molecule has 1 aromatic heterocycles. The van der Waals surface area contributed by atoms with Crippen LogP contribution in [0.4, 0.5) is 0 Å². The van der Waals surface area contributed by atoms with Crippen LogP contribution in [0, 0.1) is 0 Å². The van der Waals surface area contributed by atoms with Crippen LogP contribution in [0.5, 0.6) is 0 Å². The topological polar surface area (TPSA) is 66.4 Å². The van der Waals surface area contributed by atoms with Gasteiger partial charge in [-0.05, 0) is 29.9 Å². The van der Waals surface area contributed by atoms with E-state index in [1.54, 1.807) is 11.3 Å². The van der Waals surface area contributed by atoms with Crippen molar-refractivity contribution in [3.05, 3.63) is 58.3 Å². The van der Waals surface area contributed by atoms with E-state index in [1.807, 2.05) is 47.8 Å². The number of nitrogens with one attached hydrogen (secondary N) is 1. The molecule has 2 N–H and O–H groups in total. The number of thiophene rings is 1. The van der Waals surface area contributed by atoms with Crippen LogP contribution in [0.25, 0.3) is 0 Å². The summed E-state index contributed by atoms with van der Waals surface area (Å²) in [6.45, 7) is 0. The molecule has 0 saturated carbocycles. The average molecular weight is 317 g/mol. The molecule has 1 unspecified atom stereocenters. The monoisotopic (exact) mass is 317 g/mol. The van der Waals surface area contributed by atoms with Crippen molar-refractivity contribution in [3.63, 3.8) is 0 Å². The van der Waals surface area contributed by atoms with Crippen molar-refractivity contribution >= 4 is 23.2 Å². The highest BCUT2D eigenvalue weighted by Crippen LogP contribution is 2.11. The maximum atomic E-state index is 12.1. The van der Waals surface area contributed by atoms with Gasteiger partial charge in [0.1, 0.15) is 0 Å². The summed E-state index contributed by atoms with van der Waals surface area (Å²) in [4.78, 5) is 23.9. The number of amides is 1. The molecule has 4 nitrogen and oxygen atoms in total. The number of hydrogen-bond donors (Lipinski definition) is 2. The Labute approximate surface area is 133 Å². The summed E-state index contributed by atoms with van der Waals surface area (Å²) in [6, 6.07) is 13.5. The van der Waals surface area contributed by atoms with Crippen molar-refractivity contribution < 1.29 is 14.7 Å². The molecular formula is C17H19NO3S. The lowest BCUT2D eigenvalue weighted by Gasteiger charge is -2.18. The molecule has 1 amide bonds. The van der Waals surface area contributed by atoms with Crippen LogP contribution in [-0.4, -0.2) is 23.0 Å². The van der Waals surface area contributed by atoms with Gasteiger partial charge >= 0.3 is 5.97 Å². The van der Waals surface area contributed by atoms with Gasteiger partial charge in [-0.1, -0.05) is 36.4 Å². The van der Waals surface area contributed by atoms with Gasteiger partial charge < -0.3 is 10.4 Å². The Balaban J connectivity index is 1.94. The van der Waals surface area contributed by atoms with E-state index >= 15 is 0 Å². The van der Waals surface area contributed by atoms with Gasteiger partial charge in [0.2, 0.25) is 5.91 Å². The highest BCUT2D eigenvalue weighted by Gasteiger charge is 2.15. The number of benzene rings is 1. The van der Waals surface area contributed by atoms with Crippen LogP contribution < -0.4 is 5.32 Å². The highest BCUT2D eigenvalue weighted by molar-refractivity contribution is 7.10. The molecule has 2 aromatic rings. The van der Waals surface area contributed by atoms with E-state index in [2.05, 4.69) is 5.32 Å². The Morgan fingerprint density at radius 1 is 1.14 bits per heavy atom. The predicted octanol–water partition coefficient (Wildman–Crippen LogP) is 2.88. The minimum absolute atomic E-state index is 0.0524. The molecule has 0 bridgehead atoms. The smallest absolute Gasteiger partial charge is 0.303 e. The number of carboxylic acid groups (broad SMARTS) is 1. The third-order valence-electron chi connectivity index (χ3n) is 3.31. The van der Waals surface area contributed by atoms with E-state index in [1.165, 1.54) is 0 Å². The number of carbonyl (C=O) groups excluding carboxylic acids is 1. The molecule has 0 spiro atoms. The molecule has 5 heteroatoms. The van der Waals surface area contributed by atoms with Crippen molar-refractivity contribution in [2.45, 2.75) is 31.7 Å². The van der Waals surface area contributed by atoms with Crippen molar-refractivity contribution in [2.24, 2.45) is 0 Å². The summed E-state index contributed by atoms with van der Waals surface area (Å²) in [5, 5.41) is 13.8. The number of hydrogen-bond acceptors (Lipinski definition) is 3. The molecule has 1 aromatic carbocycles. The van der Waals surface area contributed by atoms with Gasteiger partial charge in [0.05, 0.1) is 6.42 Å². The van der Waals surface area contributed by atoms with Crippen molar-refractivity contribution in [1.29, 1.82) is 0 Å². The zero-order valence-electron chi connectivity index (χ0n) is 12.2. The largest absolute Gasteiger partial charge is 0.481 e. The Morgan fingerprint density at radius 3 is 2.55 bits per heavy atom. The SMILES string of the molecule is O=C(O)CCC(Cc1ccccc1)NC(=O)Cc1cccs1. The third kappa shape index (κ3) is 5.69. The normalized spacial score (nSPS) is 11.8. The Bertz CT molecular complexity index is 596. The predicted molar refractivity (Wildman–Crippen MR) is 87.0 cm³/mol. The number of carbonyl (C=O) groups is 2. The van der Waals surface area contributed by atoms with Crippen LogP contribution in [0.15, 0.2) is 47.8 Å². The Kier molecular flexibility index (Phi) is 6.15. The van der Waals surface area contributed by atoms with Crippen LogP contribution in [0.3, 0.4) is 0 Å². The number of carboxylic acids is 1. The first kappa shape index (κ1) is 16.2. The fraction of sp³-hybridized carbons (Fsp3) is 0.294. The molecule has 0 radical (unpaired) electrons. The van der Waals surface area contributed by atoms with Crippen LogP contribution in [0.1, 0.15) is 23.3 Å². The van der Waals surface area contributed by atoms with E-state index in [0.29, 0.717) is 19.3 Å². The lowest BCUT2D eigenvalue weighted by Crippen LogP contribution is -2.37. The summed E-state index contributed by atoms with van der Waals surface area (Å²) in [5.74, 6) is -0.903. The van der Waals surface area contributed by atoms with Gasteiger partial charge in [-0.2, -0.15) is 0 Å². The van der Waals surface area contributed by atoms with Crippen molar-refractivity contribution in [1.82, 2.24) is 5.32 Å². The second-order valence-electron chi connectivity index (χ2n) is 5.14. The first-order valence-electron chi connectivity index (χ1n) is 7.21. The van der Waals surface area contributed by atoms with E-state index < -0.39 is 5.97 Å². The lowest BCUT2D eigenvalue weighted by atomic mass is 10.0. The standard InChI is InChI=1S/C17H19NO3S/c19-16(12-15-7-4-10-22-15)18-14(8-9-17(20)21)11-13-5-2-1-3-6-13/h1-7,10,14H,8-9,11-12H2,(H,18,19)(H,20,21). The molecule has 0 aliphatic rings. The molecule has 116 valence electrons. The summed E-state index contributed by atoms with van der Waals surface area (Å²) < 4.78 is 0. The van der Waals surface area contributed by atoms with E-state index in [4.69, 9.17) is 5.11 Å². The Morgan fingerprint density at radius 2 is 1.91 bits per heavy atom. The quantitative estimate of drug-likeness (QED) is 0.787. The van der Waals surface area contributed by atoms with Gasteiger partial charge in [0.25, 0.3) is 0 Å². The van der Waals surface area contributed by atoms with Gasteiger partial charge in [0.15, 0.2) is 0 Å². The first-order valence-corrected chi connectivity index (χ1v) is 8.09. The lowest BCUT2D eigenvalue weighted by molar-refractivity contribution is -0.137. The molecule has 0 saturated heterocycles. The summed E-state index contributed by atoms with van der Waals surface area (Å²) in [7, 11) is 0. The molecule has 0 aliphatic carbocycles. The van der Waals surface area contributed by atoms with E-state index in [-0.39, 0.29) is 18.4 Å². The minimum Gasteiger partial charge on any atom is -0.481 e. The van der Waals surface area contributed by atoms with Crippen LogP contribution in [0.2, 0.25) is 0 Å². The molecule has 2 rings (SSSR count). The van der Waals surface area contributed by atoms with Crippen molar-refractivity contribution in [2.75, 3.05) is 0 Å². The fourth-order valence-corrected chi connectivity index (χ4v) is 2.98. The van der Waals surface area contributed by atoms with Crippen LogP contribution >= 0.6 is 11.3 Å². The van der Waals surface area contributed by atoms with Gasteiger partial charge in [-0.3, -0.25) is 9.59 Å². The number of aliphatic carboxylic acids is 1. The number of rotatable bonds is 8. The fourth-order valence-electron chi connectivity index (χ4n) is 2.27. The van der Waals surface area contributed by atoms with Gasteiger partial charge in [-0.15, -0.1) is 11.3 Å². The molecule has 1 heterocycles. The first-order chi connectivity index (χ1) is 10.6. The second-order valence-corrected chi connectivity index (χ2v) is 6.17. The minimum atomic E-state index is -0.842.